The van der Waals surface area contributed by atoms with Crippen molar-refractivity contribution in [1.82, 2.24) is 9.99 Å². The summed E-state index contributed by atoms with van der Waals surface area (Å²) in [7, 11) is 0. The molecule has 1 amide bonds. The predicted octanol–water partition coefficient (Wildman–Crippen LogP) is 5.68. The zero-order chi connectivity index (χ0) is 23.2. The number of hydrazone groups is 1. The van der Waals surface area contributed by atoms with Gasteiger partial charge < -0.3 is 18.1 Å². The van der Waals surface area contributed by atoms with E-state index in [1.165, 1.54) is 17.6 Å². The van der Waals surface area contributed by atoms with Crippen LogP contribution in [0.3, 0.4) is 0 Å². The third-order valence-corrected chi connectivity index (χ3v) is 4.98. The number of rotatable bonds is 8. The molecule has 0 bridgehead atoms. The molecule has 0 fully saturated rings. The first-order valence-electron chi connectivity index (χ1n) is 10.5. The van der Waals surface area contributed by atoms with Gasteiger partial charge in [0.2, 0.25) is 0 Å². The van der Waals surface area contributed by atoms with Crippen LogP contribution < -0.4 is 10.2 Å². The van der Waals surface area contributed by atoms with Crippen LogP contribution in [0.4, 0.5) is 0 Å². The summed E-state index contributed by atoms with van der Waals surface area (Å²) < 4.78 is 18.8. The number of hydrogen-bond acceptors (Lipinski definition) is 5. The minimum atomic E-state index is -0.440. The maximum atomic E-state index is 12.2. The molecule has 0 atom stereocenters. The third kappa shape index (κ3) is 5.51. The number of aromatic nitrogens is 1. The molecule has 4 aromatic rings. The standard InChI is InChI=1S/C26H25N3O4/c1-18(15-23-5-4-14-31-23)16-27-28-26(30)25-13-12-24(33-25)17-32-22-10-8-21(9-11-22)29-19(2)6-7-20(29)3/h4-16H,17H2,1-3H3,(H,28,30)/b18-15+,27-16+. The summed E-state index contributed by atoms with van der Waals surface area (Å²) in [5.41, 5.74) is 6.70. The second-order valence-corrected chi connectivity index (χ2v) is 7.60. The SMILES string of the molecule is CC(/C=N/NC(=O)c1ccc(COc2ccc(-n3c(C)ccc3C)cc2)o1)=C\c1ccco1. The lowest BCUT2D eigenvalue weighted by Gasteiger charge is -2.10. The average molecular weight is 444 g/mol. The first-order chi connectivity index (χ1) is 16.0. The number of aryl methyl sites for hydroxylation is 2. The number of hydrogen-bond donors (Lipinski definition) is 1. The molecule has 168 valence electrons. The van der Waals surface area contributed by atoms with E-state index in [4.69, 9.17) is 13.6 Å². The van der Waals surface area contributed by atoms with Gasteiger partial charge >= 0.3 is 5.91 Å². The maximum Gasteiger partial charge on any atom is 0.307 e. The number of benzene rings is 1. The molecule has 0 saturated heterocycles. The van der Waals surface area contributed by atoms with Gasteiger partial charge in [-0.25, -0.2) is 5.43 Å². The van der Waals surface area contributed by atoms with Gasteiger partial charge in [-0.15, -0.1) is 0 Å². The van der Waals surface area contributed by atoms with Crippen molar-refractivity contribution in [3.05, 3.63) is 101 Å². The Morgan fingerprint density at radius 1 is 1.06 bits per heavy atom. The molecule has 0 aliphatic rings. The van der Waals surface area contributed by atoms with Crippen molar-refractivity contribution in [2.75, 3.05) is 0 Å². The van der Waals surface area contributed by atoms with Gasteiger partial charge in [-0.2, -0.15) is 5.10 Å². The number of carbonyl (C=O) groups excluding carboxylic acids is 1. The van der Waals surface area contributed by atoms with E-state index >= 15 is 0 Å². The van der Waals surface area contributed by atoms with Crippen LogP contribution in [0.1, 0.15) is 40.4 Å². The molecule has 3 aromatic heterocycles. The monoisotopic (exact) mass is 443 g/mol. The van der Waals surface area contributed by atoms with Crippen LogP contribution in [0.2, 0.25) is 0 Å². The predicted molar refractivity (Wildman–Crippen MR) is 127 cm³/mol. The average Bonchev–Trinajstić information content (AvgIpc) is 3.55. The minimum Gasteiger partial charge on any atom is -0.486 e. The van der Waals surface area contributed by atoms with Crippen molar-refractivity contribution in [3.63, 3.8) is 0 Å². The molecule has 0 radical (unpaired) electrons. The number of amides is 1. The zero-order valence-corrected chi connectivity index (χ0v) is 18.7. The molecular weight excluding hydrogens is 418 g/mol. The van der Waals surface area contributed by atoms with Crippen LogP contribution in [0.25, 0.3) is 11.8 Å². The molecule has 0 unspecified atom stereocenters. The summed E-state index contributed by atoms with van der Waals surface area (Å²) in [6, 6.07) is 19.0. The van der Waals surface area contributed by atoms with Crippen molar-refractivity contribution in [3.8, 4) is 11.4 Å². The lowest BCUT2D eigenvalue weighted by molar-refractivity contribution is 0.0923. The fourth-order valence-electron chi connectivity index (χ4n) is 3.38. The number of nitrogens with one attached hydrogen (secondary N) is 1. The van der Waals surface area contributed by atoms with E-state index in [2.05, 4.69) is 41.1 Å². The fraction of sp³-hybridized carbons (Fsp3) is 0.154. The van der Waals surface area contributed by atoms with Gasteiger partial charge in [-0.05, 0) is 93.1 Å². The van der Waals surface area contributed by atoms with Crippen molar-refractivity contribution < 1.29 is 18.4 Å². The van der Waals surface area contributed by atoms with Gasteiger partial charge in [0.05, 0.1) is 12.5 Å². The second kappa shape index (κ2) is 9.91. The first-order valence-corrected chi connectivity index (χ1v) is 10.5. The summed E-state index contributed by atoms with van der Waals surface area (Å²) in [5.74, 6) is 1.69. The largest absolute Gasteiger partial charge is 0.486 e. The lowest BCUT2D eigenvalue weighted by Crippen LogP contribution is -2.16. The van der Waals surface area contributed by atoms with Gasteiger partial charge in [0, 0.05) is 17.1 Å². The molecule has 0 aliphatic heterocycles. The van der Waals surface area contributed by atoms with E-state index in [9.17, 15) is 4.79 Å². The molecule has 1 N–H and O–H groups in total. The van der Waals surface area contributed by atoms with Crippen LogP contribution in [-0.4, -0.2) is 16.7 Å². The molecule has 0 saturated carbocycles. The highest BCUT2D eigenvalue weighted by Crippen LogP contribution is 2.21. The molecule has 0 aliphatic carbocycles. The van der Waals surface area contributed by atoms with Crippen molar-refractivity contribution in [2.24, 2.45) is 5.10 Å². The smallest absolute Gasteiger partial charge is 0.307 e. The Morgan fingerprint density at radius 2 is 1.82 bits per heavy atom. The highest BCUT2D eigenvalue weighted by atomic mass is 16.5. The molecule has 4 rings (SSSR count). The molecule has 33 heavy (non-hydrogen) atoms. The first kappa shape index (κ1) is 22.0. The van der Waals surface area contributed by atoms with E-state index in [1.54, 1.807) is 24.5 Å². The molecule has 1 aromatic carbocycles. The summed E-state index contributed by atoms with van der Waals surface area (Å²) >= 11 is 0. The molecular formula is C26H25N3O4. The van der Waals surface area contributed by atoms with Gasteiger partial charge in [-0.1, -0.05) is 0 Å². The van der Waals surface area contributed by atoms with Crippen LogP contribution in [0.15, 0.2) is 86.4 Å². The molecule has 3 heterocycles. The number of allylic oxidation sites excluding steroid dienone is 1. The second-order valence-electron chi connectivity index (χ2n) is 7.60. The number of nitrogens with zero attached hydrogens (tertiary/aromatic N) is 2. The Balaban J connectivity index is 1.29. The van der Waals surface area contributed by atoms with Crippen molar-refractivity contribution >= 4 is 18.2 Å². The van der Waals surface area contributed by atoms with E-state index < -0.39 is 5.91 Å². The Bertz CT molecular complexity index is 1260. The van der Waals surface area contributed by atoms with Crippen LogP contribution in [0.5, 0.6) is 5.75 Å². The highest BCUT2D eigenvalue weighted by Gasteiger charge is 2.11. The third-order valence-electron chi connectivity index (χ3n) is 4.98. The van der Waals surface area contributed by atoms with Crippen LogP contribution in [-0.2, 0) is 6.61 Å². The number of furan rings is 2. The van der Waals surface area contributed by atoms with Gasteiger partial charge in [0.15, 0.2) is 5.76 Å². The Hall–Kier alpha value is -4.26. The van der Waals surface area contributed by atoms with E-state index in [0.717, 1.165) is 11.3 Å². The highest BCUT2D eigenvalue weighted by molar-refractivity contribution is 5.92. The number of ether oxygens (including phenoxy) is 1. The normalized spacial score (nSPS) is 11.8. The van der Waals surface area contributed by atoms with Gasteiger partial charge in [0.25, 0.3) is 0 Å². The topological polar surface area (TPSA) is 81.9 Å². The van der Waals surface area contributed by atoms with Crippen LogP contribution in [0, 0.1) is 13.8 Å². The fourth-order valence-corrected chi connectivity index (χ4v) is 3.38. The summed E-state index contributed by atoms with van der Waals surface area (Å²) in [4.78, 5) is 12.2. The quantitative estimate of drug-likeness (QED) is 0.281. The van der Waals surface area contributed by atoms with Crippen LogP contribution >= 0.6 is 0 Å². The molecule has 7 heteroatoms. The van der Waals surface area contributed by atoms with E-state index in [1.807, 2.05) is 43.3 Å². The van der Waals surface area contributed by atoms with E-state index in [-0.39, 0.29) is 12.4 Å². The van der Waals surface area contributed by atoms with Crippen molar-refractivity contribution in [1.29, 1.82) is 0 Å². The van der Waals surface area contributed by atoms with Crippen molar-refractivity contribution in [2.45, 2.75) is 27.4 Å². The van der Waals surface area contributed by atoms with Gasteiger partial charge in [0.1, 0.15) is 23.9 Å². The maximum absolute atomic E-state index is 12.2. The number of carbonyl (C=O) groups is 1. The molecule has 0 spiro atoms. The Morgan fingerprint density at radius 3 is 2.52 bits per heavy atom. The summed E-state index contributed by atoms with van der Waals surface area (Å²) in [6.07, 6.45) is 4.94. The minimum absolute atomic E-state index is 0.160. The molecule has 7 nitrogen and oxygen atoms in total. The Kier molecular flexibility index (Phi) is 6.59. The Labute approximate surface area is 192 Å². The summed E-state index contributed by atoms with van der Waals surface area (Å²) in [6.45, 7) is 6.22. The summed E-state index contributed by atoms with van der Waals surface area (Å²) in [5, 5.41) is 3.94. The van der Waals surface area contributed by atoms with E-state index in [0.29, 0.717) is 17.3 Å². The zero-order valence-electron chi connectivity index (χ0n) is 18.7. The lowest BCUT2D eigenvalue weighted by atomic mass is 10.3. The van der Waals surface area contributed by atoms with Gasteiger partial charge in [-0.3, -0.25) is 4.79 Å².